The third-order valence-electron chi connectivity index (χ3n) is 4.91. The first kappa shape index (κ1) is 22.7. The fourth-order valence-corrected chi connectivity index (χ4v) is 3.54. The molecule has 0 spiro atoms. The normalized spacial score (nSPS) is 17.2. The van der Waals surface area contributed by atoms with E-state index in [1.165, 1.54) is 18.5 Å². The quantitative estimate of drug-likeness (QED) is 0.453. The van der Waals surface area contributed by atoms with E-state index in [-0.39, 0.29) is 18.0 Å². The molecule has 2 heterocycles. The van der Waals surface area contributed by atoms with Gasteiger partial charge in [-0.05, 0) is 30.3 Å². The first-order valence-corrected chi connectivity index (χ1v) is 10.1. The number of aromatic nitrogens is 1. The summed E-state index contributed by atoms with van der Waals surface area (Å²) in [6, 6.07) is 13.3. The Morgan fingerprint density at radius 1 is 1.06 bits per heavy atom. The molecule has 5 N–H and O–H groups in total. The lowest BCUT2D eigenvalue weighted by molar-refractivity contribution is -0.153. The summed E-state index contributed by atoms with van der Waals surface area (Å²) >= 11 is 6.42. The molecule has 4 rings (SSSR count). The maximum Gasteiger partial charge on any atom is 0.422 e. The molecule has 1 aromatic heterocycles. The third kappa shape index (κ3) is 4.96. The number of halogens is 4. The van der Waals surface area contributed by atoms with E-state index in [2.05, 4.69) is 15.3 Å². The molecule has 0 saturated heterocycles. The molecule has 172 valence electrons. The Morgan fingerprint density at radius 3 is 2.58 bits per heavy atom. The van der Waals surface area contributed by atoms with Gasteiger partial charge in [-0.15, -0.1) is 0 Å². The van der Waals surface area contributed by atoms with E-state index in [1.807, 2.05) is 18.2 Å². The molecule has 1 unspecified atom stereocenters. The smallest absolute Gasteiger partial charge is 0.422 e. The summed E-state index contributed by atoms with van der Waals surface area (Å²) in [7, 11) is 0. The molecule has 11 heteroatoms. The molecule has 0 amide bonds. The van der Waals surface area contributed by atoms with Crippen molar-refractivity contribution in [3.05, 3.63) is 76.6 Å². The Bertz CT molecular complexity index is 1190. The van der Waals surface area contributed by atoms with Gasteiger partial charge in [0.1, 0.15) is 18.1 Å². The highest BCUT2D eigenvalue weighted by molar-refractivity contribution is 6.32. The van der Waals surface area contributed by atoms with Gasteiger partial charge < -0.3 is 20.5 Å². The van der Waals surface area contributed by atoms with Gasteiger partial charge in [-0.3, -0.25) is 10.7 Å². The van der Waals surface area contributed by atoms with Crippen LogP contribution in [0.15, 0.2) is 59.7 Å². The van der Waals surface area contributed by atoms with Gasteiger partial charge in [-0.2, -0.15) is 13.2 Å². The van der Waals surface area contributed by atoms with Crippen LogP contribution in [0.2, 0.25) is 5.02 Å². The number of ether oxygens (including phenoxy) is 2. The minimum atomic E-state index is -4.49. The third-order valence-corrected chi connectivity index (χ3v) is 5.21. The standard InChI is InChI=1S/C22H19ClF3N5O2/c23-16-7-13(4-5-19(16)32-10-14-3-1-2-6-29-14)22(28)15-8-17(27)20(33-11-21(24,25)26)9-18(15)30-12-31-22/h1-9,12H,10-11,27-28H2,(H,30,31). The van der Waals surface area contributed by atoms with Crippen LogP contribution in [0.1, 0.15) is 16.8 Å². The molecular formula is C22H19ClF3N5O2. The van der Waals surface area contributed by atoms with Gasteiger partial charge in [0, 0.05) is 23.4 Å². The number of aliphatic imine (C=N–C) groups is 1. The molecule has 0 saturated carbocycles. The average molecular weight is 478 g/mol. The van der Waals surface area contributed by atoms with Crippen molar-refractivity contribution in [3.63, 3.8) is 0 Å². The number of alkyl halides is 3. The largest absolute Gasteiger partial charge is 0.486 e. The molecule has 3 aromatic rings. The van der Waals surface area contributed by atoms with Gasteiger partial charge in [0.25, 0.3) is 0 Å². The van der Waals surface area contributed by atoms with Gasteiger partial charge in [-0.25, -0.2) is 4.99 Å². The molecule has 2 aromatic carbocycles. The minimum Gasteiger partial charge on any atom is -0.486 e. The van der Waals surface area contributed by atoms with Crippen molar-refractivity contribution in [2.75, 3.05) is 17.7 Å². The van der Waals surface area contributed by atoms with Gasteiger partial charge in [-0.1, -0.05) is 23.7 Å². The molecule has 33 heavy (non-hydrogen) atoms. The molecule has 0 bridgehead atoms. The number of pyridine rings is 1. The van der Waals surface area contributed by atoms with E-state index in [0.717, 1.165) is 5.69 Å². The van der Waals surface area contributed by atoms with Crippen molar-refractivity contribution in [2.24, 2.45) is 10.7 Å². The molecular weight excluding hydrogens is 459 g/mol. The number of nitrogens with one attached hydrogen (secondary N) is 1. The SMILES string of the molecule is Nc1cc2c(cc1OCC(F)(F)F)NC=NC2(N)c1ccc(OCc2ccccn2)c(Cl)c1. The van der Waals surface area contributed by atoms with Crippen molar-refractivity contribution < 1.29 is 22.6 Å². The van der Waals surface area contributed by atoms with E-state index in [0.29, 0.717) is 27.6 Å². The molecule has 7 nitrogen and oxygen atoms in total. The highest BCUT2D eigenvalue weighted by atomic mass is 35.5. The lowest BCUT2D eigenvalue weighted by Crippen LogP contribution is -2.39. The van der Waals surface area contributed by atoms with Crippen LogP contribution >= 0.6 is 11.6 Å². The van der Waals surface area contributed by atoms with Crippen LogP contribution in [-0.4, -0.2) is 24.1 Å². The number of nitrogen functional groups attached to an aromatic ring is 1. The van der Waals surface area contributed by atoms with Gasteiger partial charge >= 0.3 is 6.18 Å². The van der Waals surface area contributed by atoms with Crippen molar-refractivity contribution in [3.8, 4) is 11.5 Å². The summed E-state index contributed by atoms with van der Waals surface area (Å²) in [5, 5.41) is 3.17. The zero-order valence-electron chi connectivity index (χ0n) is 17.1. The van der Waals surface area contributed by atoms with E-state index in [1.54, 1.807) is 24.4 Å². The molecule has 0 aliphatic carbocycles. The van der Waals surface area contributed by atoms with E-state index < -0.39 is 18.4 Å². The fraction of sp³-hybridized carbons (Fsp3) is 0.182. The van der Waals surface area contributed by atoms with E-state index in [9.17, 15) is 13.2 Å². The predicted octanol–water partition coefficient (Wildman–Crippen LogP) is 4.45. The number of hydrogen-bond donors (Lipinski definition) is 3. The summed E-state index contributed by atoms with van der Waals surface area (Å²) < 4.78 is 48.2. The maximum atomic E-state index is 12.5. The number of benzene rings is 2. The lowest BCUT2D eigenvalue weighted by atomic mass is 9.89. The number of anilines is 2. The van der Waals surface area contributed by atoms with Crippen LogP contribution in [0.5, 0.6) is 11.5 Å². The summed E-state index contributed by atoms with van der Waals surface area (Å²) in [5.74, 6) is 0.316. The van der Waals surface area contributed by atoms with Crippen LogP contribution in [0.25, 0.3) is 0 Å². The molecule has 1 aliphatic heterocycles. The number of nitrogens with zero attached hydrogens (tertiary/aromatic N) is 2. The van der Waals surface area contributed by atoms with Gasteiger partial charge in [0.05, 0.1) is 28.4 Å². The Kier molecular flexibility index (Phi) is 6.05. The summed E-state index contributed by atoms with van der Waals surface area (Å²) in [6.07, 6.45) is -1.48. The van der Waals surface area contributed by atoms with Gasteiger partial charge in [0.2, 0.25) is 0 Å². The van der Waals surface area contributed by atoms with E-state index >= 15 is 0 Å². The number of nitrogens with two attached hydrogens (primary N) is 2. The predicted molar refractivity (Wildman–Crippen MR) is 120 cm³/mol. The summed E-state index contributed by atoms with van der Waals surface area (Å²) in [6.45, 7) is -1.23. The lowest BCUT2D eigenvalue weighted by Gasteiger charge is -2.32. The monoisotopic (exact) mass is 477 g/mol. The second-order valence-corrected chi connectivity index (χ2v) is 7.67. The zero-order valence-corrected chi connectivity index (χ0v) is 17.8. The Morgan fingerprint density at radius 2 is 1.88 bits per heavy atom. The minimum absolute atomic E-state index is 0.00636. The highest BCUT2D eigenvalue weighted by Gasteiger charge is 2.35. The summed E-state index contributed by atoms with van der Waals surface area (Å²) in [5.41, 5.74) is 13.3. The van der Waals surface area contributed by atoms with Crippen LogP contribution < -0.4 is 26.3 Å². The van der Waals surface area contributed by atoms with Crippen LogP contribution in [0, 0.1) is 0 Å². The molecule has 1 atom stereocenters. The van der Waals surface area contributed by atoms with Gasteiger partial charge in [0.15, 0.2) is 12.3 Å². The maximum absolute atomic E-state index is 12.5. The summed E-state index contributed by atoms with van der Waals surface area (Å²) in [4.78, 5) is 8.54. The van der Waals surface area contributed by atoms with Crippen molar-refractivity contribution in [1.29, 1.82) is 0 Å². The number of fused-ring (bicyclic) bond motifs is 1. The number of hydrogen-bond acceptors (Lipinski definition) is 7. The average Bonchev–Trinajstić information content (AvgIpc) is 2.78. The first-order chi connectivity index (χ1) is 15.7. The zero-order chi connectivity index (χ0) is 23.6. The Labute approximate surface area is 192 Å². The topological polar surface area (TPSA) is 108 Å². The molecule has 0 fully saturated rings. The molecule has 0 radical (unpaired) electrons. The van der Waals surface area contributed by atoms with Crippen LogP contribution in [0.3, 0.4) is 0 Å². The van der Waals surface area contributed by atoms with E-state index in [4.69, 9.17) is 32.5 Å². The number of rotatable bonds is 6. The first-order valence-electron chi connectivity index (χ1n) is 9.71. The van der Waals surface area contributed by atoms with Crippen molar-refractivity contribution in [1.82, 2.24) is 4.98 Å². The van der Waals surface area contributed by atoms with Crippen LogP contribution in [-0.2, 0) is 12.3 Å². The Hall–Kier alpha value is -3.50. The second-order valence-electron chi connectivity index (χ2n) is 7.26. The molecule has 1 aliphatic rings. The fourth-order valence-electron chi connectivity index (χ4n) is 3.31. The van der Waals surface area contributed by atoms with Crippen LogP contribution in [0.4, 0.5) is 24.5 Å². The second kappa shape index (κ2) is 8.80. The van der Waals surface area contributed by atoms with Crippen molar-refractivity contribution >= 4 is 29.3 Å². The van der Waals surface area contributed by atoms with Crippen molar-refractivity contribution in [2.45, 2.75) is 18.4 Å². The Balaban J connectivity index is 1.60. The highest BCUT2D eigenvalue weighted by Crippen LogP contribution is 2.42.